The predicted octanol–water partition coefficient (Wildman–Crippen LogP) is 2.07. The van der Waals surface area contributed by atoms with Crippen molar-refractivity contribution < 1.29 is 4.79 Å². The number of amides is 1. The van der Waals surface area contributed by atoms with Crippen LogP contribution in [-0.2, 0) is 17.8 Å². The van der Waals surface area contributed by atoms with Crippen molar-refractivity contribution in [2.45, 2.75) is 57.7 Å². The van der Waals surface area contributed by atoms with Gasteiger partial charge in [0.2, 0.25) is 5.91 Å². The zero-order chi connectivity index (χ0) is 16.2. The maximum absolute atomic E-state index is 12.1. The lowest BCUT2D eigenvalue weighted by Gasteiger charge is -2.33. The van der Waals surface area contributed by atoms with Crippen molar-refractivity contribution in [3.8, 4) is 0 Å². The van der Waals surface area contributed by atoms with E-state index in [0.29, 0.717) is 18.4 Å². The summed E-state index contributed by atoms with van der Waals surface area (Å²) >= 11 is 0. The van der Waals surface area contributed by atoms with Crippen LogP contribution in [-0.4, -0.2) is 36.0 Å². The second-order valence-corrected chi connectivity index (χ2v) is 7.20. The van der Waals surface area contributed by atoms with Crippen molar-refractivity contribution in [3.05, 3.63) is 35.4 Å². The Morgan fingerprint density at radius 2 is 2.13 bits per heavy atom. The third kappa shape index (κ3) is 4.12. The molecule has 0 spiro atoms. The monoisotopic (exact) mass is 315 g/mol. The molecule has 1 saturated carbocycles. The van der Waals surface area contributed by atoms with E-state index in [0.717, 1.165) is 38.9 Å². The standard InChI is InChI=1S/C19H29N3O/c1-14(12-21-19(23)11-16-7-4-8-18(16)20)22-10-9-15-5-2-3-6-17(15)13-22/h2-3,5-6,14,16,18H,4,7-13,20H2,1H3,(H,21,23)/t14?,16-,18+/m0/s1. The fourth-order valence-electron chi connectivity index (χ4n) is 3.91. The first kappa shape index (κ1) is 16.5. The number of nitrogens with zero attached hydrogens (tertiary/aromatic N) is 1. The van der Waals surface area contributed by atoms with Gasteiger partial charge in [0, 0.05) is 38.1 Å². The first-order chi connectivity index (χ1) is 11.1. The summed E-state index contributed by atoms with van der Waals surface area (Å²) in [6.07, 6.45) is 5.04. The molecule has 4 nitrogen and oxygen atoms in total. The van der Waals surface area contributed by atoms with Crippen molar-refractivity contribution in [3.63, 3.8) is 0 Å². The maximum atomic E-state index is 12.1. The third-order valence-corrected chi connectivity index (χ3v) is 5.54. The zero-order valence-electron chi connectivity index (χ0n) is 14.1. The Bertz CT molecular complexity index is 545. The van der Waals surface area contributed by atoms with Gasteiger partial charge in [0.25, 0.3) is 0 Å². The van der Waals surface area contributed by atoms with Crippen molar-refractivity contribution in [1.82, 2.24) is 10.2 Å². The summed E-state index contributed by atoms with van der Waals surface area (Å²) in [5.74, 6) is 0.545. The first-order valence-corrected chi connectivity index (χ1v) is 8.96. The lowest BCUT2D eigenvalue weighted by Crippen LogP contribution is -2.44. The molecule has 3 atom stereocenters. The number of rotatable bonds is 5. The summed E-state index contributed by atoms with van der Waals surface area (Å²) in [6, 6.07) is 9.25. The summed E-state index contributed by atoms with van der Waals surface area (Å²) in [5, 5.41) is 3.11. The third-order valence-electron chi connectivity index (χ3n) is 5.54. The highest BCUT2D eigenvalue weighted by atomic mass is 16.1. The van der Waals surface area contributed by atoms with Crippen LogP contribution < -0.4 is 11.1 Å². The van der Waals surface area contributed by atoms with Crippen LogP contribution in [0.5, 0.6) is 0 Å². The Labute approximate surface area is 139 Å². The fourth-order valence-corrected chi connectivity index (χ4v) is 3.91. The van der Waals surface area contributed by atoms with Crippen molar-refractivity contribution in [1.29, 1.82) is 0 Å². The average Bonchev–Trinajstić information content (AvgIpc) is 2.97. The van der Waals surface area contributed by atoms with Crippen molar-refractivity contribution in [2.24, 2.45) is 11.7 Å². The normalized spacial score (nSPS) is 25.8. The molecule has 0 bridgehead atoms. The smallest absolute Gasteiger partial charge is 0.220 e. The van der Waals surface area contributed by atoms with E-state index >= 15 is 0 Å². The first-order valence-electron chi connectivity index (χ1n) is 8.96. The van der Waals surface area contributed by atoms with Crippen LogP contribution in [0.3, 0.4) is 0 Å². The quantitative estimate of drug-likeness (QED) is 0.874. The molecule has 1 unspecified atom stereocenters. The Hall–Kier alpha value is -1.39. The molecule has 126 valence electrons. The summed E-state index contributed by atoms with van der Waals surface area (Å²) in [7, 11) is 0. The van der Waals surface area contributed by atoms with Gasteiger partial charge in [-0.25, -0.2) is 0 Å². The molecule has 23 heavy (non-hydrogen) atoms. The van der Waals surface area contributed by atoms with Gasteiger partial charge >= 0.3 is 0 Å². The van der Waals surface area contributed by atoms with Crippen LogP contribution >= 0.6 is 0 Å². The Morgan fingerprint density at radius 3 is 2.87 bits per heavy atom. The molecule has 1 aromatic rings. The number of benzene rings is 1. The molecule has 3 N–H and O–H groups in total. The van der Waals surface area contributed by atoms with E-state index < -0.39 is 0 Å². The second-order valence-electron chi connectivity index (χ2n) is 7.20. The molecular weight excluding hydrogens is 286 g/mol. The van der Waals surface area contributed by atoms with Crippen LogP contribution in [0.1, 0.15) is 43.7 Å². The van der Waals surface area contributed by atoms with Crippen molar-refractivity contribution in [2.75, 3.05) is 13.1 Å². The Balaban J connectivity index is 1.44. The van der Waals surface area contributed by atoms with E-state index in [1.165, 1.54) is 17.5 Å². The molecule has 1 aliphatic carbocycles. The number of nitrogens with one attached hydrogen (secondary N) is 1. The lowest BCUT2D eigenvalue weighted by molar-refractivity contribution is -0.122. The van der Waals surface area contributed by atoms with E-state index in [2.05, 4.69) is 41.4 Å². The van der Waals surface area contributed by atoms with Gasteiger partial charge < -0.3 is 11.1 Å². The highest BCUT2D eigenvalue weighted by molar-refractivity contribution is 5.76. The molecular formula is C19H29N3O. The number of nitrogens with two attached hydrogens (primary N) is 1. The Morgan fingerprint density at radius 1 is 1.35 bits per heavy atom. The molecule has 2 aliphatic rings. The Kier molecular flexibility index (Phi) is 5.34. The molecule has 0 saturated heterocycles. The van der Waals surface area contributed by atoms with Gasteiger partial charge in [-0.1, -0.05) is 30.7 Å². The number of carbonyl (C=O) groups excluding carboxylic acids is 1. The molecule has 4 heteroatoms. The van der Waals surface area contributed by atoms with Crippen LogP contribution in [0.15, 0.2) is 24.3 Å². The minimum absolute atomic E-state index is 0.164. The molecule has 0 aromatic heterocycles. The minimum atomic E-state index is 0.164. The molecule has 3 rings (SSSR count). The maximum Gasteiger partial charge on any atom is 0.220 e. The van der Waals surface area contributed by atoms with Gasteiger partial charge in [0.05, 0.1) is 0 Å². The fraction of sp³-hybridized carbons (Fsp3) is 0.632. The lowest BCUT2D eigenvalue weighted by atomic mass is 9.98. The number of carbonyl (C=O) groups is 1. The van der Waals surface area contributed by atoms with Crippen LogP contribution in [0.25, 0.3) is 0 Å². The van der Waals surface area contributed by atoms with Crippen LogP contribution in [0, 0.1) is 5.92 Å². The molecule has 0 radical (unpaired) electrons. The average molecular weight is 315 g/mol. The van der Waals surface area contributed by atoms with E-state index in [1.54, 1.807) is 0 Å². The predicted molar refractivity (Wildman–Crippen MR) is 93.0 cm³/mol. The van der Waals surface area contributed by atoms with E-state index in [9.17, 15) is 4.79 Å². The topological polar surface area (TPSA) is 58.4 Å². The van der Waals surface area contributed by atoms with Crippen LogP contribution in [0.2, 0.25) is 0 Å². The van der Waals surface area contributed by atoms with E-state index in [1.807, 2.05) is 0 Å². The minimum Gasteiger partial charge on any atom is -0.355 e. The van der Waals surface area contributed by atoms with Gasteiger partial charge in [0.1, 0.15) is 0 Å². The number of hydrogen-bond acceptors (Lipinski definition) is 3. The van der Waals surface area contributed by atoms with Gasteiger partial charge in [-0.15, -0.1) is 0 Å². The van der Waals surface area contributed by atoms with Crippen molar-refractivity contribution >= 4 is 5.91 Å². The summed E-state index contributed by atoms with van der Waals surface area (Å²) in [6.45, 7) is 4.99. The van der Waals surface area contributed by atoms with E-state index in [4.69, 9.17) is 5.73 Å². The summed E-state index contributed by atoms with van der Waals surface area (Å²) in [4.78, 5) is 14.6. The molecule has 1 aromatic carbocycles. The van der Waals surface area contributed by atoms with Gasteiger partial charge in [-0.2, -0.15) is 0 Å². The van der Waals surface area contributed by atoms with Gasteiger partial charge in [-0.3, -0.25) is 9.69 Å². The highest BCUT2D eigenvalue weighted by Gasteiger charge is 2.26. The number of fused-ring (bicyclic) bond motifs is 1. The van der Waals surface area contributed by atoms with Gasteiger partial charge in [0.15, 0.2) is 0 Å². The van der Waals surface area contributed by atoms with E-state index in [-0.39, 0.29) is 11.9 Å². The highest BCUT2D eigenvalue weighted by Crippen LogP contribution is 2.26. The molecule has 1 fully saturated rings. The summed E-state index contributed by atoms with van der Waals surface area (Å²) in [5.41, 5.74) is 8.95. The largest absolute Gasteiger partial charge is 0.355 e. The van der Waals surface area contributed by atoms with Crippen LogP contribution in [0.4, 0.5) is 0 Å². The number of hydrogen-bond donors (Lipinski definition) is 2. The second kappa shape index (κ2) is 7.45. The molecule has 1 aliphatic heterocycles. The SMILES string of the molecule is CC(CNC(=O)C[C@@H]1CCC[C@H]1N)N1CCc2ccccc2C1. The summed E-state index contributed by atoms with van der Waals surface area (Å²) < 4.78 is 0. The molecule has 1 heterocycles. The zero-order valence-corrected chi connectivity index (χ0v) is 14.1. The van der Waals surface area contributed by atoms with Gasteiger partial charge in [-0.05, 0) is 43.2 Å². The molecule has 1 amide bonds.